The molecule has 0 atom stereocenters. The Morgan fingerprint density at radius 1 is 1.11 bits per heavy atom. The number of ether oxygens (including phenoxy) is 1. The van der Waals surface area contributed by atoms with E-state index in [4.69, 9.17) is 4.74 Å². The number of nitrogens with zero attached hydrogens (tertiary/aromatic N) is 4. The van der Waals surface area contributed by atoms with Crippen LogP contribution in [0.2, 0.25) is 0 Å². The van der Waals surface area contributed by atoms with Gasteiger partial charge in [0.2, 0.25) is 15.8 Å². The molecule has 0 bridgehead atoms. The zero-order chi connectivity index (χ0) is 25.2. The minimum absolute atomic E-state index is 0.0110. The second-order valence-electron chi connectivity index (χ2n) is 8.85. The van der Waals surface area contributed by atoms with Crippen molar-refractivity contribution in [2.75, 3.05) is 36.8 Å². The Morgan fingerprint density at radius 3 is 2.43 bits per heavy atom. The zero-order valence-corrected chi connectivity index (χ0v) is 20.3. The molecule has 0 spiro atoms. The van der Waals surface area contributed by atoms with E-state index >= 15 is 0 Å². The highest BCUT2D eigenvalue weighted by atomic mass is 32.2. The van der Waals surface area contributed by atoms with Gasteiger partial charge in [-0.2, -0.15) is 27.3 Å². The summed E-state index contributed by atoms with van der Waals surface area (Å²) in [5.41, 5.74) is -1.11. The van der Waals surface area contributed by atoms with E-state index in [1.54, 1.807) is 0 Å². The van der Waals surface area contributed by atoms with Crippen molar-refractivity contribution in [1.29, 1.82) is 0 Å². The van der Waals surface area contributed by atoms with Gasteiger partial charge in [0.15, 0.2) is 0 Å². The van der Waals surface area contributed by atoms with Crippen molar-refractivity contribution in [2.45, 2.75) is 51.3 Å². The Bertz CT molecular complexity index is 1200. The third-order valence-electron chi connectivity index (χ3n) is 6.35. The fourth-order valence-electron chi connectivity index (χ4n) is 4.53. The third kappa shape index (κ3) is 5.64. The van der Waals surface area contributed by atoms with Gasteiger partial charge in [0.25, 0.3) is 0 Å². The lowest BCUT2D eigenvalue weighted by Crippen LogP contribution is -2.49. The van der Waals surface area contributed by atoms with Gasteiger partial charge < -0.3 is 9.64 Å². The molecule has 2 heterocycles. The minimum Gasteiger partial charge on any atom is -0.483 e. The van der Waals surface area contributed by atoms with Gasteiger partial charge in [-0.05, 0) is 50.3 Å². The van der Waals surface area contributed by atoms with Crippen LogP contribution in [0, 0.1) is 0 Å². The van der Waals surface area contributed by atoms with E-state index in [0.29, 0.717) is 25.2 Å². The summed E-state index contributed by atoms with van der Waals surface area (Å²) in [7, 11) is -3.33. The summed E-state index contributed by atoms with van der Waals surface area (Å²) < 4.78 is 73.0. The molecule has 1 aromatic heterocycles. The molecule has 35 heavy (non-hydrogen) atoms. The van der Waals surface area contributed by atoms with Crippen LogP contribution in [0.3, 0.4) is 0 Å². The van der Waals surface area contributed by atoms with Gasteiger partial charge in [0, 0.05) is 26.2 Å². The van der Waals surface area contributed by atoms with E-state index in [9.17, 15) is 26.4 Å². The summed E-state index contributed by atoms with van der Waals surface area (Å²) >= 11 is 0. The predicted molar refractivity (Wildman–Crippen MR) is 126 cm³/mol. The van der Waals surface area contributed by atoms with E-state index in [1.165, 1.54) is 22.6 Å². The number of sulfonamides is 1. The lowest BCUT2D eigenvalue weighted by atomic mass is 10.2. The number of anilines is 1. The molecule has 0 unspecified atom stereocenters. The quantitative estimate of drug-likeness (QED) is 0.563. The van der Waals surface area contributed by atoms with E-state index in [2.05, 4.69) is 5.10 Å². The van der Waals surface area contributed by atoms with Crippen molar-refractivity contribution in [3.05, 3.63) is 46.4 Å². The highest BCUT2D eigenvalue weighted by Gasteiger charge is 2.32. The summed E-state index contributed by atoms with van der Waals surface area (Å²) in [6, 6.07) is 4.43. The molecule has 192 valence electrons. The number of hydrogen-bond acceptors (Lipinski definition) is 6. The maximum Gasteiger partial charge on any atom is 0.416 e. The predicted octanol–water partition coefficient (Wildman–Crippen LogP) is 3.43. The lowest BCUT2D eigenvalue weighted by Gasteiger charge is -2.36. The standard InChI is InChI=1S/C23H29F3N4O4S/c1-2-14-35(32,33)29-12-10-28(11-13-29)20-16-27-30(18-7-5-6-17(15-18)23(24,25)26)22(31)21(20)34-19-8-3-4-9-19/h5-7,15-16,19H,2-4,8-14H2,1H3. The van der Waals surface area contributed by atoms with Crippen molar-refractivity contribution in [3.8, 4) is 11.4 Å². The SMILES string of the molecule is CCCS(=O)(=O)N1CCN(c2cnn(-c3cccc(C(F)(F)F)c3)c(=O)c2OC2CCCC2)CC1. The molecule has 2 aromatic rings. The van der Waals surface area contributed by atoms with Crippen LogP contribution < -0.4 is 15.2 Å². The molecular weight excluding hydrogens is 485 g/mol. The first-order chi connectivity index (χ1) is 16.6. The number of piperazine rings is 1. The van der Waals surface area contributed by atoms with Crippen LogP contribution in [0.1, 0.15) is 44.6 Å². The number of aromatic nitrogens is 2. The van der Waals surface area contributed by atoms with E-state index in [-0.39, 0.29) is 36.4 Å². The molecule has 1 saturated carbocycles. The Labute approximate surface area is 202 Å². The summed E-state index contributed by atoms with van der Waals surface area (Å²) in [4.78, 5) is 15.3. The van der Waals surface area contributed by atoms with Gasteiger partial charge in [-0.25, -0.2) is 8.42 Å². The first-order valence-electron chi connectivity index (χ1n) is 11.8. The molecule has 1 saturated heterocycles. The Kier molecular flexibility index (Phi) is 7.41. The third-order valence-corrected chi connectivity index (χ3v) is 8.43. The van der Waals surface area contributed by atoms with Crippen molar-refractivity contribution >= 4 is 15.7 Å². The number of benzene rings is 1. The van der Waals surface area contributed by atoms with Crippen molar-refractivity contribution in [2.24, 2.45) is 0 Å². The van der Waals surface area contributed by atoms with E-state index in [0.717, 1.165) is 42.5 Å². The summed E-state index contributed by atoms with van der Waals surface area (Å²) in [6.45, 7) is 3.03. The fourth-order valence-corrected chi connectivity index (χ4v) is 6.02. The molecular formula is C23H29F3N4O4S. The van der Waals surface area contributed by atoms with Crippen LogP contribution in [0.15, 0.2) is 35.3 Å². The molecule has 4 rings (SSSR count). The van der Waals surface area contributed by atoms with Crippen LogP contribution in [-0.2, 0) is 16.2 Å². The highest BCUT2D eigenvalue weighted by molar-refractivity contribution is 7.89. The zero-order valence-electron chi connectivity index (χ0n) is 19.5. The van der Waals surface area contributed by atoms with Crippen LogP contribution in [0.4, 0.5) is 18.9 Å². The average molecular weight is 515 g/mol. The Morgan fingerprint density at radius 2 is 1.80 bits per heavy atom. The molecule has 8 nitrogen and oxygen atoms in total. The summed E-state index contributed by atoms with van der Waals surface area (Å²) in [5.74, 6) is 0.117. The number of rotatable bonds is 7. The van der Waals surface area contributed by atoms with Crippen LogP contribution in [-0.4, -0.2) is 60.5 Å². The monoisotopic (exact) mass is 514 g/mol. The molecule has 2 aliphatic rings. The van der Waals surface area contributed by atoms with E-state index in [1.807, 2.05) is 11.8 Å². The normalized spacial score (nSPS) is 18.2. The Balaban J connectivity index is 1.67. The molecule has 1 aliphatic carbocycles. The summed E-state index contributed by atoms with van der Waals surface area (Å²) in [6.07, 6.45) is 0.746. The van der Waals surface area contributed by atoms with Gasteiger partial charge in [0.1, 0.15) is 5.69 Å². The maximum atomic E-state index is 13.5. The smallest absolute Gasteiger partial charge is 0.416 e. The van der Waals surface area contributed by atoms with Gasteiger partial charge >= 0.3 is 11.7 Å². The highest BCUT2D eigenvalue weighted by Crippen LogP contribution is 2.32. The van der Waals surface area contributed by atoms with Gasteiger partial charge in [-0.1, -0.05) is 13.0 Å². The van der Waals surface area contributed by atoms with Crippen molar-refractivity contribution in [1.82, 2.24) is 14.1 Å². The van der Waals surface area contributed by atoms with Crippen LogP contribution in [0.5, 0.6) is 5.75 Å². The maximum absolute atomic E-state index is 13.5. The molecule has 1 aromatic carbocycles. The number of halogens is 3. The molecule has 0 N–H and O–H groups in total. The molecule has 1 aliphatic heterocycles. The average Bonchev–Trinajstić information content (AvgIpc) is 3.33. The topological polar surface area (TPSA) is 84.7 Å². The first-order valence-corrected chi connectivity index (χ1v) is 13.4. The first kappa shape index (κ1) is 25.5. The lowest BCUT2D eigenvalue weighted by molar-refractivity contribution is -0.137. The van der Waals surface area contributed by atoms with Gasteiger partial charge in [-0.3, -0.25) is 4.79 Å². The van der Waals surface area contributed by atoms with Crippen LogP contribution >= 0.6 is 0 Å². The number of alkyl halides is 3. The fraction of sp³-hybridized carbons (Fsp3) is 0.565. The molecule has 2 fully saturated rings. The second-order valence-corrected chi connectivity index (χ2v) is 10.9. The second kappa shape index (κ2) is 10.2. The number of hydrogen-bond donors (Lipinski definition) is 0. The Hall–Kier alpha value is -2.60. The largest absolute Gasteiger partial charge is 0.483 e. The minimum atomic E-state index is -4.56. The summed E-state index contributed by atoms with van der Waals surface area (Å²) in [5, 5.41) is 4.16. The van der Waals surface area contributed by atoms with Gasteiger partial charge in [-0.15, -0.1) is 0 Å². The van der Waals surface area contributed by atoms with Crippen molar-refractivity contribution in [3.63, 3.8) is 0 Å². The molecule has 0 amide bonds. The molecule has 0 radical (unpaired) electrons. The van der Waals surface area contributed by atoms with E-state index < -0.39 is 27.3 Å². The van der Waals surface area contributed by atoms with Crippen molar-refractivity contribution < 1.29 is 26.3 Å². The van der Waals surface area contributed by atoms with Gasteiger partial charge in [0.05, 0.1) is 29.3 Å². The van der Waals surface area contributed by atoms with Crippen LogP contribution in [0.25, 0.3) is 5.69 Å². The molecule has 12 heteroatoms.